The molecule has 2 unspecified atom stereocenters. The Hall–Kier alpha value is -2.22. The second-order valence-electron chi connectivity index (χ2n) is 6.56. The fraction of sp³-hybridized carbons (Fsp3) is 0.471. The van der Waals surface area contributed by atoms with Gasteiger partial charge in [0, 0.05) is 23.8 Å². The molecule has 3 aliphatic heterocycles. The molecule has 4 rings (SSSR count). The van der Waals surface area contributed by atoms with Crippen molar-refractivity contribution in [3.05, 3.63) is 17.7 Å². The number of ketones is 1. The summed E-state index contributed by atoms with van der Waals surface area (Å²) in [7, 11) is 0. The number of anilines is 1. The van der Waals surface area contributed by atoms with Crippen molar-refractivity contribution in [2.75, 3.05) is 17.9 Å². The quantitative estimate of drug-likeness (QED) is 0.828. The van der Waals surface area contributed by atoms with Crippen LogP contribution in [-0.4, -0.2) is 46.0 Å². The maximum absolute atomic E-state index is 12.8. The zero-order valence-electron chi connectivity index (χ0n) is 14.0. The van der Waals surface area contributed by atoms with E-state index in [4.69, 9.17) is 9.47 Å². The van der Waals surface area contributed by atoms with E-state index in [1.165, 1.54) is 6.92 Å². The minimum atomic E-state index is -0.532. The predicted octanol–water partition coefficient (Wildman–Crippen LogP) is 2.01. The molecule has 2 amide bonds. The van der Waals surface area contributed by atoms with E-state index < -0.39 is 6.04 Å². The summed E-state index contributed by atoms with van der Waals surface area (Å²) >= 11 is 1.63. The summed E-state index contributed by atoms with van der Waals surface area (Å²) in [5.74, 6) is 1.06. The first-order valence-corrected chi connectivity index (χ1v) is 9.09. The van der Waals surface area contributed by atoms with Crippen molar-refractivity contribution in [1.29, 1.82) is 0 Å². The average molecular weight is 362 g/mol. The van der Waals surface area contributed by atoms with E-state index in [1.807, 2.05) is 6.92 Å². The SMILES string of the molecule is CC(=O)c1cc2c(cc1NC(=O)C1CSC3(C)CCC(=O)N13)OCO2. The van der Waals surface area contributed by atoms with E-state index in [9.17, 15) is 14.4 Å². The zero-order valence-corrected chi connectivity index (χ0v) is 14.8. The zero-order chi connectivity index (χ0) is 17.8. The molecule has 2 saturated heterocycles. The van der Waals surface area contributed by atoms with Gasteiger partial charge < -0.3 is 19.7 Å². The highest BCUT2D eigenvalue weighted by Gasteiger charge is 2.52. The van der Waals surface area contributed by atoms with Gasteiger partial charge in [0.2, 0.25) is 18.6 Å². The van der Waals surface area contributed by atoms with Crippen LogP contribution in [0, 0.1) is 0 Å². The molecule has 2 atom stereocenters. The van der Waals surface area contributed by atoms with Crippen molar-refractivity contribution in [2.45, 2.75) is 37.6 Å². The fourth-order valence-electron chi connectivity index (χ4n) is 3.57. The van der Waals surface area contributed by atoms with E-state index in [1.54, 1.807) is 28.8 Å². The number of rotatable bonds is 3. The van der Waals surface area contributed by atoms with Gasteiger partial charge in [0.05, 0.1) is 10.6 Å². The molecule has 0 saturated carbocycles. The van der Waals surface area contributed by atoms with Crippen molar-refractivity contribution in [3.63, 3.8) is 0 Å². The monoisotopic (exact) mass is 362 g/mol. The Labute approximate surface area is 149 Å². The molecule has 1 N–H and O–H groups in total. The topological polar surface area (TPSA) is 84.9 Å². The Morgan fingerprint density at radius 3 is 2.76 bits per heavy atom. The lowest BCUT2D eigenvalue weighted by Gasteiger charge is -2.30. The number of amides is 2. The van der Waals surface area contributed by atoms with Gasteiger partial charge in [0.15, 0.2) is 17.3 Å². The number of ether oxygens (including phenoxy) is 2. The van der Waals surface area contributed by atoms with Crippen molar-refractivity contribution in [1.82, 2.24) is 4.90 Å². The maximum atomic E-state index is 12.8. The Balaban J connectivity index is 1.61. The van der Waals surface area contributed by atoms with Crippen LogP contribution in [0.15, 0.2) is 12.1 Å². The van der Waals surface area contributed by atoms with Gasteiger partial charge in [-0.25, -0.2) is 0 Å². The fourth-order valence-corrected chi connectivity index (χ4v) is 5.00. The predicted molar refractivity (Wildman–Crippen MR) is 91.9 cm³/mol. The molecule has 0 bridgehead atoms. The van der Waals surface area contributed by atoms with Crippen molar-refractivity contribution in [2.24, 2.45) is 0 Å². The van der Waals surface area contributed by atoms with Crippen LogP contribution in [0.5, 0.6) is 11.5 Å². The molecular formula is C17H18N2O5S. The molecule has 0 aromatic heterocycles. The van der Waals surface area contributed by atoms with Crippen molar-refractivity contribution < 1.29 is 23.9 Å². The van der Waals surface area contributed by atoms with Crippen LogP contribution in [-0.2, 0) is 9.59 Å². The highest BCUT2D eigenvalue weighted by Crippen LogP contribution is 2.47. The van der Waals surface area contributed by atoms with Crippen LogP contribution in [0.3, 0.4) is 0 Å². The third-order valence-electron chi connectivity index (χ3n) is 4.90. The first kappa shape index (κ1) is 16.3. The molecule has 3 heterocycles. The van der Waals surface area contributed by atoms with E-state index in [2.05, 4.69) is 5.32 Å². The molecule has 0 radical (unpaired) electrons. The lowest BCUT2D eigenvalue weighted by molar-refractivity contribution is -0.135. The van der Waals surface area contributed by atoms with E-state index in [0.717, 1.165) is 6.42 Å². The summed E-state index contributed by atoms with van der Waals surface area (Å²) in [6, 6.07) is 2.65. The molecule has 2 fully saturated rings. The van der Waals surface area contributed by atoms with Gasteiger partial charge in [0.1, 0.15) is 6.04 Å². The number of thioether (sulfide) groups is 1. The van der Waals surface area contributed by atoms with Gasteiger partial charge in [-0.1, -0.05) is 0 Å². The van der Waals surface area contributed by atoms with Crippen molar-refractivity contribution >= 4 is 35.0 Å². The van der Waals surface area contributed by atoms with Gasteiger partial charge in [-0.3, -0.25) is 14.4 Å². The largest absolute Gasteiger partial charge is 0.454 e. The van der Waals surface area contributed by atoms with Gasteiger partial charge >= 0.3 is 0 Å². The van der Waals surface area contributed by atoms with Gasteiger partial charge in [0.25, 0.3) is 0 Å². The molecule has 0 aliphatic carbocycles. The Morgan fingerprint density at radius 2 is 2.04 bits per heavy atom. The summed E-state index contributed by atoms with van der Waals surface area (Å²) in [5, 5.41) is 2.81. The number of fused-ring (bicyclic) bond motifs is 2. The van der Waals surface area contributed by atoms with Crippen LogP contribution in [0.25, 0.3) is 0 Å². The number of nitrogens with zero attached hydrogens (tertiary/aromatic N) is 1. The molecule has 25 heavy (non-hydrogen) atoms. The summed E-state index contributed by atoms with van der Waals surface area (Å²) in [6.45, 7) is 3.51. The van der Waals surface area contributed by atoms with Crippen LogP contribution in [0.2, 0.25) is 0 Å². The third-order valence-corrected chi connectivity index (χ3v) is 6.40. The van der Waals surface area contributed by atoms with E-state index in [-0.39, 0.29) is 29.3 Å². The number of benzene rings is 1. The Bertz CT molecular complexity index is 795. The standard InChI is InChI=1S/C17H18N2O5S/c1-9(20)10-5-13-14(24-8-23-13)6-11(10)18-16(22)12-7-25-17(2)4-3-15(21)19(12)17/h5-6,12H,3-4,7-8H2,1-2H3,(H,18,22). The number of nitrogens with one attached hydrogen (secondary N) is 1. The van der Waals surface area contributed by atoms with E-state index >= 15 is 0 Å². The number of hydrogen-bond donors (Lipinski definition) is 1. The molecule has 1 aromatic carbocycles. The molecule has 132 valence electrons. The second kappa shape index (κ2) is 5.66. The molecule has 8 heteroatoms. The van der Waals surface area contributed by atoms with Crippen LogP contribution in [0.4, 0.5) is 5.69 Å². The van der Waals surface area contributed by atoms with Gasteiger partial charge in [-0.05, 0) is 26.3 Å². The summed E-state index contributed by atoms with van der Waals surface area (Å²) < 4.78 is 10.6. The highest BCUT2D eigenvalue weighted by atomic mass is 32.2. The van der Waals surface area contributed by atoms with E-state index in [0.29, 0.717) is 34.9 Å². The second-order valence-corrected chi connectivity index (χ2v) is 8.06. The Kier molecular flexibility index (Phi) is 3.68. The number of carbonyl (C=O) groups excluding carboxylic acids is 3. The summed E-state index contributed by atoms with van der Waals surface area (Å²) in [4.78, 5) is 38.3. The summed E-state index contributed by atoms with van der Waals surface area (Å²) in [5.41, 5.74) is 0.741. The lowest BCUT2D eigenvalue weighted by Crippen LogP contribution is -2.48. The average Bonchev–Trinajstić information content (AvgIpc) is 3.22. The van der Waals surface area contributed by atoms with Crippen molar-refractivity contribution in [3.8, 4) is 11.5 Å². The maximum Gasteiger partial charge on any atom is 0.248 e. The lowest BCUT2D eigenvalue weighted by atomic mass is 10.1. The molecule has 3 aliphatic rings. The Morgan fingerprint density at radius 1 is 1.32 bits per heavy atom. The summed E-state index contributed by atoms with van der Waals surface area (Å²) in [6.07, 6.45) is 1.22. The van der Waals surface area contributed by atoms with Gasteiger partial charge in [-0.2, -0.15) is 0 Å². The first-order valence-electron chi connectivity index (χ1n) is 8.10. The smallest absolute Gasteiger partial charge is 0.248 e. The molecular weight excluding hydrogens is 344 g/mol. The normalized spacial score (nSPS) is 26.7. The first-order chi connectivity index (χ1) is 11.9. The minimum absolute atomic E-state index is 0.00475. The van der Waals surface area contributed by atoms with Crippen LogP contribution < -0.4 is 14.8 Å². The number of Topliss-reactive ketones (excluding diaryl/α,β-unsaturated/α-hetero) is 1. The highest BCUT2D eigenvalue weighted by molar-refractivity contribution is 8.01. The molecule has 1 aromatic rings. The number of hydrogen-bond acceptors (Lipinski definition) is 6. The third kappa shape index (κ3) is 2.55. The molecule has 0 spiro atoms. The van der Waals surface area contributed by atoms with Crippen LogP contribution >= 0.6 is 11.8 Å². The van der Waals surface area contributed by atoms with Gasteiger partial charge in [-0.15, -0.1) is 11.8 Å². The van der Waals surface area contributed by atoms with Crippen LogP contribution in [0.1, 0.15) is 37.0 Å². The molecule has 7 nitrogen and oxygen atoms in total. The number of carbonyl (C=O) groups is 3. The minimum Gasteiger partial charge on any atom is -0.454 e.